The number of ether oxygens (including phenoxy) is 1. The zero-order chi connectivity index (χ0) is 20.3. The highest BCUT2D eigenvalue weighted by Crippen LogP contribution is 2.51. The summed E-state index contributed by atoms with van der Waals surface area (Å²) in [6.07, 6.45) is 0.404. The number of hydrogen-bond donors (Lipinski definition) is 0. The molecule has 0 amide bonds. The van der Waals surface area contributed by atoms with Crippen molar-refractivity contribution < 1.29 is 39.5 Å². The van der Waals surface area contributed by atoms with E-state index in [1.54, 1.807) is 30.3 Å². The summed E-state index contributed by atoms with van der Waals surface area (Å²) < 4.78 is 59.2. The van der Waals surface area contributed by atoms with Crippen LogP contribution in [0.5, 0.6) is 0 Å². The molecule has 1 atom stereocenters. The Morgan fingerprint density at radius 2 is 1.56 bits per heavy atom. The van der Waals surface area contributed by atoms with E-state index in [1.165, 1.54) is 0 Å². The summed E-state index contributed by atoms with van der Waals surface area (Å²) in [7, 11) is -8.09. The lowest BCUT2D eigenvalue weighted by molar-refractivity contribution is -0.152. The van der Waals surface area contributed by atoms with Gasteiger partial charge in [-0.05, 0) is 18.4 Å². The predicted molar refractivity (Wildman–Crippen MR) is 93.2 cm³/mol. The van der Waals surface area contributed by atoms with E-state index in [9.17, 15) is 26.4 Å². The maximum atomic E-state index is 12.2. The molecule has 0 aromatic heterocycles. The number of hydrogen-bond acceptors (Lipinski definition) is 9. The van der Waals surface area contributed by atoms with Crippen molar-refractivity contribution in [1.82, 2.24) is 0 Å². The second-order valence-corrected chi connectivity index (χ2v) is 9.60. The van der Waals surface area contributed by atoms with Gasteiger partial charge in [0.2, 0.25) is 0 Å². The van der Waals surface area contributed by atoms with Crippen LogP contribution < -0.4 is 0 Å². The zero-order valence-corrected chi connectivity index (χ0v) is 16.4. The van der Waals surface area contributed by atoms with E-state index in [0.717, 1.165) is 11.8 Å². The fraction of sp³-hybridized carbons (Fsp3) is 0.500. The van der Waals surface area contributed by atoms with E-state index < -0.39 is 43.7 Å². The normalized spacial score (nSPS) is 17.0. The lowest BCUT2D eigenvalue weighted by Gasteiger charge is -2.20. The van der Waals surface area contributed by atoms with Gasteiger partial charge >= 0.3 is 32.2 Å². The lowest BCUT2D eigenvalue weighted by atomic mass is 9.98. The molecule has 0 aliphatic heterocycles. The van der Waals surface area contributed by atoms with Crippen LogP contribution in [0.25, 0.3) is 0 Å². The minimum atomic E-state index is -4.08. The second-order valence-electron chi connectivity index (χ2n) is 6.45. The summed E-state index contributed by atoms with van der Waals surface area (Å²) in [5.41, 5.74) is -0.501. The summed E-state index contributed by atoms with van der Waals surface area (Å²) >= 11 is 0. The van der Waals surface area contributed by atoms with Crippen molar-refractivity contribution in [3.8, 4) is 0 Å². The average molecular weight is 420 g/mol. The Morgan fingerprint density at radius 3 is 2.04 bits per heavy atom. The maximum Gasteiger partial charge on any atom is 0.350 e. The molecule has 1 aromatic carbocycles. The number of benzene rings is 1. The average Bonchev–Trinajstić information content (AvgIpc) is 3.30. The van der Waals surface area contributed by atoms with Crippen LogP contribution in [0, 0.1) is 5.41 Å². The Hall–Kier alpha value is -1.98. The first kappa shape index (κ1) is 21.3. The van der Waals surface area contributed by atoms with Crippen LogP contribution in [-0.4, -0.2) is 47.4 Å². The molecule has 1 saturated carbocycles. The largest absolute Gasteiger partial charge is 0.362 e. The Morgan fingerprint density at radius 1 is 1.00 bits per heavy atom. The fourth-order valence-corrected chi connectivity index (χ4v) is 3.26. The predicted octanol–water partition coefficient (Wildman–Crippen LogP) is 0.748. The molecule has 0 spiro atoms. The summed E-state index contributed by atoms with van der Waals surface area (Å²) in [6, 6.07) is 8.79. The quantitative estimate of drug-likeness (QED) is 0.531. The van der Waals surface area contributed by atoms with Gasteiger partial charge in [-0.1, -0.05) is 30.3 Å². The molecule has 1 aliphatic carbocycles. The Bertz CT molecular complexity index is 900. The molecular weight excluding hydrogens is 400 g/mol. The number of carbonyl (C=O) groups is 2. The molecule has 1 aliphatic rings. The standard InChI is InChI=1S/C16H20O9S2/c1-26(19,20)24-14(17)13(23-11-12-6-4-3-5-7-12)10-16(8-9-16)15(18)25-27(2,21)22/h3-7,13H,8-11H2,1-2H3/t13-/m0/s1. The molecule has 2 rings (SSSR count). The van der Waals surface area contributed by atoms with E-state index in [-0.39, 0.29) is 13.0 Å². The molecule has 0 N–H and O–H groups in total. The molecule has 27 heavy (non-hydrogen) atoms. The second kappa shape index (κ2) is 7.95. The van der Waals surface area contributed by atoms with Crippen LogP contribution in [0.4, 0.5) is 0 Å². The van der Waals surface area contributed by atoms with Crippen LogP contribution in [-0.2, 0) is 49.5 Å². The lowest BCUT2D eigenvalue weighted by Crippen LogP contribution is -2.34. The van der Waals surface area contributed by atoms with E-state index in [4.69, 9.17) is 4.74 Å². The van der Waals surface area contributed by atoms with Gasteiger partial charge in [-0.15, -0.1) is 0 Å². The Kier molecular flexibility index (Phi) is 6.28. The first-order chi connectivity index (χ1) is 12.4. The topological polar surface area (TPSA) is 130 Å². The van der Waals surface area contributed by atoms with E-state index in [0.29, 0.717) is 19.1 Å². The number of carbonyl (C=O) groups excluding carboxylic acids is 2. The van der Waals surface area contributed by atoms with Gasteiger partial charge in [0, 0.05) is 6.42 Å². The molecule has 150 valence electrons. The minimum absolute atomic E-state index is 0.0262. The van der Waals surface area contributed by atoms with Gasteiger partial charge in [0.25, 0.3) is 0 Å². The molecule has 0 bridgehead atoms. The van der Waals surface area contributed by atoms with E-state index in [2.05, 4.69) is 8.37 Å². The summed E-state index contributed by atoms with van der Waals surface area (Å²) in [4.78, 5) is 24.3. The van der Waals surface area contributed by atoms with Crippen LogP contribution >= 0.6 is 0 Å². The minimum Gasteiger partial charge on any atom is -0.362 e. The molecule has 1 fully saturated rings. The van der Waals surface area contributed by atoms with Gasteiger partial charge in [0.1, 0.15) is 0 Å². The first-order valence-corrected chi connectivity index (χ1v) is 11.6. The Balaban J connectivity index is 2.14. The summed E-state index contributed by atoms with van der Waals surface area (Å²) in [5, 5.41) is 0. The smallest absolute Gasteiger partial charge is 0.350 e. The molecular formula is C16H20O9S2. The van der Waals surface area contributed by atoms with Gasteiger partial charge < -0.3 is 13.1 Å². The third-order valence-corrected chi connectivity index (χ3v) is 4.80. The monoisotopic (exact) mass is 420 g/mol. The molecule has 9 nitrogen and oxygen atoms in total. The van der Waals surface area contributed by atoms with Crippen LogP contribution in [0.1, 0.15) is 24.8 Å². The van der Waals surface area contributed by atoms with Gasteiger partial charge in [-0.25, -0.2) is 4.79 Å². The third-order valence-electron chi connectivity index (χ3n) is 3.88. The molecule has 0 radical (unpaired) electrons. The fourth-order valence-electron chi connectivity index (χ4n) is 2.41. The van der Waals surface area contributed by atoms with Crippen molar-refractivity contribution in [3.05, 3.63) is 35.9 Å². The van der Waals surface area contributed by atoms with Crippen LogP contribution in [0.3, 0.4) is 0 Å². The number of rotatable bonds is 9. The van der Waals surface area contributed by atoms with E-state index >= 15 is 0 Å². The molecule has 0 saturated heterocycles. The van der Waals surface area contributed by atoms with Crippen molar-refractivity contribution in [2.24, 2.45) is 5.41 Å². The van der Waals surface area contributed by atoms with E-state index in [1.807, 2.05) is 0 Å². The highest BCUT2D eigenvalue weighted by Gasteiger charge is 2.55. The van der Waals surface area contributed by atoms with Crippen LogP contribution in [0.15, 0.2) is 30.3 Å². The van der Waals surface area contributed by atoms with Crippen molar-refractivity contribution in [2.45, 2.75) is 32.0 Å². The first-order valence-electron chi connectivity index (χ1n) is 7.93. The zero-order valence-electron chi connectivity index (χ0n) is 14.8. The molecule has 11 heteroatoms. The van der Waals surface area contributed by atoms with Crippen LogP contribution in [0.2, 0.25) is 0 Å². The Labute approximate surface area is 157 Å². The van der Waals surface area contributed by atoms with Crippen molar-refractivity contribution in [3.63, 3.8) is 0 Å². The molecule has 0 unspecified atom stereocenters. The van der Waals surface area contributed by atoms with Gasteiger partial charge in [0.05, 0.1) is 24.5 Å². The summed E-state index contributed by atoms with van der Waals surface area (Å²) in [5.74, 6) is -2.17. The SMILES string of the molecule is CS(=O)(=O)OC(=O)[C@H](CC1(C(=O)OS(C)(=O)=O)CC1)OCc1ccccc1. The molecule has 1 aromatic rings. The summed E-state index contributed by atoms with van der Waals surface area (Å²) in [6.45, 7) is -0.0262. The highest BCUT2D eigenvalue weighted by atomic mass is 32.2. The third kappa shape index (κ3) is 6.92. The molecule has 0 heterocycles. The van der Waals surface area contributed by atoms with Crippen molar-refractivity contribution >= 4 is 32.2 Å². The van der Waals surface area contributed by atoms with Gasteiger partial charge in [-0.2, -0.15) is 16.8 Å². The van der Waals surface area contributed by atoms with Crippen molar-refractivity contribution in [2.75, 3.05) is 12.5 Å². The maximum absolute atomic E-state index is 12.2. The van der Waals surface area contributed by atoms with Gasteiger partial charge in [-0.3, -0.25) is 4.79 Å². The van der Waals surface area contributed by atoms with Gasteiger partial charge in [0.15, 0.2) is 6.10 Å². The highest BCUT2D eigenvalue weighted by molar-refractivity contribution is 7.86. The van der Waals surface area contributed by atoms with Crippen molar-refractivity contribution in [1.29, 1.82) is 0 Å².